The standard InChI is InChI=1S/C32H47N5O5S/c1-21(2)25(19-22(3)28(38)36-43(41,42)24-17-14-18-34-20-24)37(10)30(40)27(31(4,5)6)35-29(39)26(33-9)32(7,8)23-15-12-11-13-16-23/h11-21,25-27,33H,1-10H3,(H,35,39)(H,36,38)/b22-19+/t25-,26-,27?/m1/s1. The number of benzene rings is 1. The van der Waals surface area contributed by atoms with Crippen LogP contribution in [0.4, 0.5) is 0 Å². The molecule has 0 saturated carbocycles. The van der Waals surface area contributed by atoms with Gasteiger partial charge < -0.3 is 15.5 Å². The van der Waals surface area contributed by atoms with E-state index in [1.54, 1.807) is 20.2 Å². The van der Waals surface area contributed by atoms with E-state index in [4.69, 9.17) is 0 Å². The fraction of sp³-hybridized carbons (Fsp3) is 0.500. The summed E-state index contributed by atoms with van der Waals surface area (Å²) in [6.07, 6.45) is 4.16. The van der Waals surface area contributed by atoms with Gasteiger partial charge in [0.2, 0.25) is 11.8 Å². The van der Waals surface area contributed by atoms with Crippen LogP contribution in [0.3, 0.4) is 0 Å². The number of aromatic nitrogens is 1. The predicted molar refractivity (Wildman–Crippen MR) is 168 cm³/mol. The minimum atomic E-state index is -4.12. The molecule has 0 aliphatic rings. The molecule has 0 spiro atoms. The minimum absolute atomic E-state index is 0.127. The first-order valence-corrected chi connectivity index (χ1v) is 15.8. The van der Waals surface area contributed by atoms with Gasteiger partial charge in [0.25, 0.3) is 15.9 Å². The lowest BCUT2D eigenvalue weighted by Crippen LogP contribution is -2.61. The number of hydrogen-bond donors (Lipinski definition) is 3. The zero-order valence-electron chi connectivity index (χ0n) is 26.9. The van der Waals surface area contributed by atoms with Crippen LogP contribution in [-0.4, -0.2) is 68.2 Å². The molecule has 1 aromatic heterocycles. The van der Waals surface area contributed by atoms with Crippen LogP contribution in [0.15, 0.2) is 71.4 Å². The number of carbonyl (C=O) groups excluding carboxylic acids is 3. The van der Waals surface area contributed by atoms with Crippen molar-refractivity contribution in [3.05, 3.63) is 72.1 Å². The molecule has 0 saturated heterocycles. The molecule has 0 bridgehead atoms. The average molecular weight is 614 g/mol. The Kier molecular flexibility index (Phi) is 11.8. The highest BCUT2D eigenvalue weighted by Gasteiger charge is 2.41. The Morgan fingerprint density at radius 3 is 2.05 bits per heavy atom. The molecular weight excluding hydrogens is 566 g/mol. The van der Waals surface area contributed by atoms with Gasteiger partial charge in [-0.05, 0) is 43.0 Å². The van der Waals surface area contributed by atoms with Gasteiger partial charge in [-0.1, -0.05) is 84.9 Å². The SMILES string of the molecule is CN[C@H](C(=O)NC(C(=O)N(C)[C@H](/C=C(\C)C(=O)NS(=O)(=O)c1cccnc1)C(C)C)C(C)(C)C)C(C)(C)c1ccccc1. The monoisotopic (exact) mass is 613 g/mol. The number of likely N-dealkylation sites (N-methyl/N-ethyl adjacent to an activating group) is 2. The van der Waals surface area contributed by atoms with Gasteiger partial charge in [0.15, 0.2) is 0 Å². The first-order chi connectivity index (χ1) is 19.8. The van der Waals surface area contributed by atoms with E-state index >= 15 is 0 Å². The summed E-state index contributed by atoms with van der Waals surface area (Å²) in [5.74, 6) is -1.59. The lowest BCUT2D eigenvalue weighted by atomic mass is 9.76. The molecular formula is C32H47N5O5S. The first kappa shape index (κ1) is 35.6. The van der Waals surface area contributed by atoms with Crippen molar-refractivity contribution < 1.29 is 22.8 Å². The lowest BCUT2D eigenvalue weighted by molar-refractivity contribution is -0.140. The molecule has 236 valence electrons. The number of nitrogens with one attached hydrogen (secondary N) is 3. The highest BCUT2D eigenvalue weighted by molar-refractivity contribution is 7.90. The summed E-state index contributed by atoms with van der Waals surface area (Å²) in [4.78, 5) is 45.8. The predicted octanol–water partition coefficient (Wildman–Crippen LogP) is 3.41. The molecule has 43 heavy (non-hydrogen) atoms. The van der Waals surface area contributed by atoms with Crippen molar-refractivity contribution in [3.63, 3.8) is 0 Å². The van der Waals surface area contributed by atoms with E-state index < -0.39 is 44.9 Å². The Balaban J connectivity index is 2.33. The van der Waals surface area contributed by atoms with Gasteiger partial charge in [0, 0.05) is 30.4 Å². The van der Waals surface area contributed by atoms with Crippen LogP contribution in [-0.2, 0) is 29.8 Å². The van der Waals surface area contributed by atoms with Crippen molar-refractivity contribution in [2.75, 3.05) is 14.1 Å². The Morgan fingerprint density at radius 1 is 0.953 bits per heavy atom. The van der Waals surface area contributed by atoms with Crippen LogP contribution in [0, 0.1) is 11.3 Å². The fourth-order valence-electron chi connectivity index (χ4n) is 4.93. The Labute approximate surface area is 256 Å². The topological polar surface area (TPSA) is 138 Å². The van der Waals surface area contributed by atoms with Crippen LogP contribution in [0.2, 0.25) is 0 Å². The van der Waals surface area contributed by atoms with E-state index in [0.717, 1.165) is 11.8 Å². The maximum atomic E-state index is 14.0. The number of amides is 3. The third-order valence-electron chi connectivity index (χ3n) is 7.62. The Bertz CT molecular complexity index is 1400. The third kappa shape index (κ3) is 8.96. The quantitative estimate of drug-likeness (QED) is 0.312. The number of rotatable bonds is 12. The van der Waals surface area contributed by atoms with Crippen molar-refractivity contribution >= 4 is 27.7 Å². The molecule has 0 aliphatic carbocycles. The number of nitrogens with zero attached hydrogens (tertiary/aromatic N) is 2. The summed E-state index contributed by atoms with van der Waals surface area (Å²) >= 11 is 0. The largest absolute Gasteiger partial charge is 0.342 e. The summed E-state index contributed by atoms with van der Waals surface area (Å²) in [5, 5.41) is 6.14. The van der Waals surface area contributed by atoms with E-state index in [0.29, 0.717) is 0 Å². The zero-order valence-corrected chi connectivity index (χ0v) is 27.7. The summed E-state index contributed by atoms with van der Waals surface area (Å²) in [6.45, 7) is 14.9. The number of pyridine rings is 1. The van der Waals surface area contributed by atoms with E-state index in [9.17, 15) is 22.8 Å². The van der Waals surface area contributed by atoms with Gasteiger partial charge in [0.05, 0.1) is 12.1 Å². The average Bonchev–Trinajstić information content (AvgIpc) is 2.93. The molecule has 11 heteroatoms. The summed E-state index contributed by atoms with van der Waals surface area (Å²) in [5.41, 5.74) is -0.126. The van der Waals surface area contributed by atoms with E-state index in [1.807, 2.05) is 78.8 Å². The lowest BCUT2D eigenvalue weighted by Gasteiger charge is -2.40. The highest BCUT2D eigenvalue weighted by atomic mass is 32.2. The summed E-state index contributed by atoms with van der Waals surface area (Å²) < 4.78 is 27.3. The minimum Gasteiger partial charge on any atom is -0.342 e. The van der Waals surface area contributed by atoms with Crippen molar-refractivity contribution in [1.29, 1.82) is 0 Å². The smallest absolute Gasteiger partial charge is 0.265 e. The van der Waals surface area contributed by atoms with Crippen LogP contribution in [0.5, 0.6) is 0 Å². The van der Waals surface area contributed by atoms with E-state index in [1.165, 1.54) is 30.2 Å². The Hall–Kier alpha value is -3.57. The molecule has 10 nitrogen and oxygen atoms in total. The van der Waals surface area contributed by atoms with Crippen molar-refractivity contribution in [3.8, 4) is 0 Å². The molecule has 0 radical (unpaired) electrons. The molecule has 0 fully saturated rings. The van der Waals surface area contributed by atoms with Gasteiger partial charge in [-0.3, -0.25) is 19.4 Å². The second-order valence-corrected chi connectivity index (χ2v) is 14.5. The van der Waals surface area contributed by atoms with Gasteiger partial charge in [0.1, 0.15) is 10.9 Å². The van der Waals surface area contributed by atoms with Crippen LogP contribution >= 0.6 is 0 Å². The number of carbonyl (C=O) groups is 3. The molecule has 2 rings (SSSR count). The molecule has 1 unspecified atom stereocenters. The molecule has 3 N–H and O–H groups in total. The molecule has 1 heterocycles. The maximum absolute atomic E-state index is 14.0. The zero-order chi connectivity index (χ0) is 32.8. The van der Waals surface area contributed by atoms with Crippen LogP contribution in [0.1, 0.15) is 61.0 Å². The molecule has 1 aromatic carbocycles. The second-order valence-electron chi connectivity index (χ2n) is 12.8. The first-order valence-electron chi connectivity index (χ1n) is 14.3. The van der Waals surface area contributed by atoms with E-state index in [2.05, 4.69) is 20.3 Å². The van der Waals surface area contributed by atoms with Crippen LogP contribution in [0.25, 0.3) is 0 Å². The van der Waals surface area contributed by atoms with Crippen LogP contribution < -0.4 is 15.4 Å². The number of sulfonamides is 1. The van der Waals surface area contributed by atoms with Crippen molar-refractivity contribution in [2.45, 2.75) is 83.8 Å². The summed E-state index contributed by atoms with van der Waals surface area (Å²) in [7, 11) is -0.784. The molecule has 0 aliphatic heterocycles. The molecule has 2 aromatic rings. The van der Waals surface area contributed by atoms with Gasteiger partial charge in [-0.2, -0.15) is 0 Å². The maximum Gasteiger partial charge on any atom is 0.265 e. The van der Waals surface area contributed by atoms with Gasteiger partial charge in [-0.25, -0.2) is 13.1 Å². The Morgan fingerprint density at radius 2 is 1.56 bits per heavy atom. The van der Waals surface area contributed by atoms with Crippen molar-refractivity contribution in [2.24, 2.45) is 11.3 Å². The second kappa shape index (κ2) is 14.3. The summed E-state index contributed by atoms with van der Waals surface area (Å²) in [6, 6.07) is 10.4. The molecule has 3 amide bonds. The third-order valence-corrected chi connectivity index (χ3v) is 8.93. The molecule has 3 atom stereocenters. The normalized spacial score (nSPS) is 14.9. The number of hydrogen-bond acceptors (Lipinski definition) is 7. The van der Waals surface area contributed by atoms with E-state index in [-0.39, 0.29) is 28.2 Å². The van der Waals surface area contributed by atoms with Crippen molar-refractivity contribution in [1.82, 2.24) is 25.2 Å². The highest BCUT2D eigenvalue weighted by Crippen LogP contribution is 2.29. The van der Waals surface area contributed by atoms with Gasteiger partial charge >= 0.3 is 0 Å². The fourth-order valence-corrected chi connectivity index (χ4v) is 5.91. The van der Waals surface area contributed by atoms with Gasteiger partial charge in [-0.15, -0.1) is 0 Å².